The lowest BCUT2D eigenvalue weighted by Crippen LogP contribution is -2.24. The van der Waals surface area contributed by atoms with E-state index in [1.165, 1.54) is 0 Å². The summed E-state index contributed by atoms with van der Waals surface area (Å²) in [6, 6.07) is 1.84. The van der Waals surface area contributed by atoms with Gasteiger partial charge < -0.3 is 10.1 Å². The number of hydrogen-bond acceptors (Lipinski definition) is 3. The molecule has 1 aliphatic heterocycles. The third-order valence-corrected chi connectivity index (χ3v) is 2.06. The molecule has 1 aromatic rings. The van der Waals surface area contributed by atoms with E-state index in [0.29, 0.717) is 0 Å². The number of nitrogens with zero attached hydrogens (tertiary/aromatic N) is 2. The van der Waals surface area contributed by atoms with Crippen molar-refractivity contribution in [3.05, 3.63) is 18.0 Å². The van der Waals surface area contributed by atoms with Crippen molar-refractivity contribution in [2.24, 2.45) is 7.05 Å². The summed E-state index contributed by atoms with van der Waals surface area (Å²) in [6.45, 7) is 1.89. The number of hydrogen-bond donors (Lipinski definition) is 1. The molecule has 1 saturated heterocycles. The molecule has 1 amide bonds. The Balaban J connectivity index is 2.22. The molecule has 2 heterocycles. The normalized spacial score (nSPS) is 27.1. The van der Waals surface area contributed by atoms with Crippen LogP contribution < -0.4 is 5.32 Å². The van der Waals surface area contributed by atoms with Crippen molar-refractivity contribution in [2.45, 2.75) is 19.1 Å². The molecule has 5 nitrogen and oxygen atoms in total. The highest BCUT2D eigenvalue weighted by molar-refractivity contribution is 5.70. The minimum absolute atomic E-state index is 0.0117. The van der Waals surface area contributed by atoms with Crippen molar-refractivity contribution in [1.82, 2.24) is 15.1 Å². The number of cyclic esters (lactones) is 1. The first-order valence-corrected chi connectivity index (χ1v) is 4.13. The Morgan fingerprint density at radius 3 is 2.92 bits per heavy atom. The maximum absolute atomic E-state index is 10.9. The standard InChI is InChI=1S/C8H11N3O2/c1-5-7(13-8(12)9-5)6-3-4-11(2)10-6/h3-5,7H,1-2H3,(H,9,12)/t5-,7-/m0/s1. The van der Waals surface area contributed by atoms with Gasteiger partial charge in [0.15, 0.2) is 6.10 Å². The van der Waals surface area contributed by atoms with Crippen LogP contribution >= 0.6 is 0 Å². The van der Waals surface area contributed by atoms with Gasteiger partial charge >= 0.3 is 6.09 Å². The highest BCUT2D eigenvalue weighted by Gasteiger charge is 2.33. The second-order valence-corrected chi connectivity index (χ2v) is 3.17. The van der Waals surface area contributed by atoms with Gasteiger partial charge in [-0.2, -0.15) is 5.10 Å². The zero-order chi connectivity index (χ0) is 9.42. The first kappa shape index (κ1) is 8.10. The molecule has 0 aliphatic carbocycles. The molecule has 0 radical (unpaired) electrons. The maximum Gasteiger partial charge on any atom is 0.408 e. The van der Waals surface area contributed by atoms with Gasteiger partial charge in [0.1, 0.15) is 5.69 Å². The quantitative estimate of drug-likeness (QED) is 0.689. The number of ether oxygens (including phenoxy) is 1. The Morgan fingerprint density at radius 2 is 2.46 bits per heavy atom. The van der Waals surface area contributed by atoms with Crippen molar-refractivity contribution < 1.29 is 9.53 Å². The van der Waals surface area contributed by atoms with Crippen LogP contribution in [0.2, 0.25) is 0 Å². The van der Waals surface area contributed by atoms with E-state index in [9.17, 15) is 4.79 Å². The topological polar surface area (TPSA) is 56.1 Å². The second kappa shape index (κ2) is 2.76. The molecular formula is C8H11N3O2. The van der Waals surface area contributed by atoms with Gasteiger partial charge in [-0.1, -0.05) is 0 Å². The SMILES string of the molecule is C[C@@H]1NC(=O)O[C@@H]1c1ccn(C)n1. The van der Waals surface area contributed by atoms with Crippen LogP contribution in [0.15, 0.2) is 12.3 Å². The lowest BCUT2D eigenvalue weighted by Gasteiger charge is -2.08. The fourth-order valence-corrected chi connectivity index (χ4v) is 1.41. The fraction of sp³-hybridized carbons (Fsp3) is 0.500. The van der Waals surface area contributed by atoms with Crippen LogP contribution in [0, 0.1) is 0 Å². The third kappa shape index (κ3) is 1.37. The number of nitrogens with one attached hydrogen (secondary N) is 1. The van der Waals surface area contributed by atoms with Gasteiger partial charge in [-0.15, -0.1) is 0 Å². The molecule has 2 atom stereocenters. The van der Waals surface area contributed by atoms with E-state index in [4.69, 9.17) is 4.74 Å². The summed E-state index contributed by atoms with van der Waals surface area (Å²) in [5.41, 5.74) is 0.786. The van der Waals surface area contributed by atoms with Crippen LogP contribution in [-0.4, -0.2) is 21.9 Å². The molecule has 1 N–H and O–H groups in total. The van der Waals surface area contributed by atoms with E-state index >= 15 is 0 Å². The number of alkyl carbamates (subject to hydrolysis) is 1. The van der Waals surface area contributed by atoms with Crippen LogP contribution in [0.1, 0.15) is 18.7 Å². The largest absolute Gasteiger partial charge is 0.437 e. The lowest BCUT2D eigenvalue weighted by molar-refractivity contribution is 0.131. The van der Waals surface area contributed by atoms with Crippen molar-refractivity contribution in [2.75, 3.05) is 0 Å². The van der Waals surface area contributed by atoms with Gasteiger partial charge in [0.05, 0.1) is 6.04 Å². The minimum Gasteiger partial charge on any atom is -0.437 e. The summed E-state index contributed by atoms with van der Waals surface area (Å²) in [5, 5.41) is 6.84. The van der Waals surface area contributed by atoms with E-state index in [-0.39, 0.29) is 18.2 Å². The molecule has 0 aromatic carbocycles. The molecular weight excluding hydrogens is 170 g/mol. The first-order valence-electron chi connectivity index (χ1n) is 4.13. The Hall–Kier alpha value is -1.52. The van der Waals surface area contributed by atoms with Crippen molar-refractivity contribution >= 4 is 6.09 Å². The number of carbonyl (C=O) groups is 1. The average molecular weight is 181 g/mol. The predicted octanol–water partition coefficient (Wildman–Crippen LogP) is 0.589. The first-order chi connectivity index (χ1) is 6.16. The van der Waals surface area contributed by atoms with Gasteiger partial charge in [-0.3, -0.25) is 4.68 Å². The van der Waals surface area contributed by atoms with Crippen molar-refractivity contribution in [3.8, 4) is 0 Å². The summed E-state index contributed by atoms with van der Waals surface area (Å²) in [7, 11) is 1.83. The fourth-order valence-electron chi connectivity index (χ4n) is 1.41. The summed E-state index contributed by atoms with van der Waals surface area (Å²) in [5.74, 6) is 0. The molecule has 0 spiro atoms. The molecule has 0 unspecified atom stereocenters. The molecule has 1 aromatic heterocycles. The molecule has 0 bridgehead atoms. The van der Waals surface area contributed by atoms with Gasteiger partial charge in [-0.05, 0) is 13.0 Å². The summed E-state index contributed by atoms with van der Waals surface area (Å²) < 4.78 is 6.74. The van der Waals surface area contributed by atoms with Crippen molar-refractivity contribution in [3.63, 3.8) is 0 Å². The van der Waals surface area contributed by atoms with Crippen molar-refractivity contribution in [1.29, 1.82) is 0 Å². The van der Waals surface area contributed by atoms with Gasteiger partial charge in [0.25, 0.3) is 0 Å². The van der Waals surface area contributed by atoms with Gasteiger partial charge in [0.2, 0.25) is 0 Å². The number of aromatic nitrogens is 2. The molecule has 70 valence electrons. The zero-order valence-electron chi connectivity index (χ0n) is 7.52. The Kier molecular flexibility index (Phi) is 1.72. The Labute approximate surface area is 75.7 Å². The number of aryl methyl sites for hydroxylation is 1. The van der Waals surface area contributed by atoms with E-state index in [0.717, 1.165) is 5.69 Å². The third-order valence-electron chi connectivity index (χ3n) is 2.06. The number of carbonyl (C=O) groups excluding carboxylic acids is 1. The van der Waals surface area contributed by atoms with Crippen LogP contribution in [-0.2, 0) is 11.8 Å². The van der Waals surface area contributed by atoms with Crippen LogP contribution in [0.5, 0.6) is 0 Å². The van der Waals surface area contributed by atoms with E-state index < -0.39 is 0 Å². The molecule has 13 heavy (non-hydrogen) atoms. The predicted molar refractivity (Wildman–Crippen MR) is 45.0 cm³/mol. The molecule has 1 fully saturated rings. The number of rotatable bonds is 1. The second-order valence-electron chi connectivity index (χ2n) is 3.17. The highest BCUT2D eigenvalue weighted by Crippen LogP contribution is 2.23. The number of amides is 1. The van der Waals surface area contributed by atoms with Crippen LogP contribution in [0.4, 0.5) is 4.79 Å². The molecule has 2 rings (SSSR count). The maximum atomic E-state index is 10.9. The Morgan fingerprint density at radius 1 is 1.69 bits per heavy atom. The van der Waals surface area contributed by atoms with E-state index in [1.807, 2.05) is 26.2 Å². The smallest absolute Gasteiger partial charge is 0.408 e. The van der Waals surface area contributed by atoms with Gasteiger partial charge in [0, 0.05) is 13.2 Å². The lowest BCUT2D eigenvalue weighted by atomic mass is 10.1. The van der Waals surface area contributed by atoms with Gasteiger partial charge in [-0.25, -0.2) is 4.79 Å². The minimum atomic E-state index is -0.372. The summed E-state index contributed by atoms with van der Waals surface area (Å²) in [6.07, 6.45) is 1.20. The summed E-state index contributed by atoms with van der Waals surface area (Å²) in [4.78, 5) is 10.9. The van der Waals surface area contributed by atoms with Crippen LogP contribution in [0.3, 0.4) is 0 Å². The summed E-state index contributed by atoms with van der Waals surface area (Å²) >= 11 is 0. The van der Waals surface area contributed by atoms with Crippen LogP contribution in [0.25, 0.3) is 0 Å². The Bertz CT molecular complexity index is 334. The average Bonchev–Trinajstić information content (AvgIpc) is 2.58. The van der Waals surface area contributed by atoms with E-state index in [1.54, 1.807) is 4.68 Å². The molecule has 5 heteroatoms. The monoisotopic (exact) mass is 181 g/mol. The highest BCUT2D eigenvalue weighted by atomic mass is 16.6. The van der Waals surface area contributed by atoms with E-state index in [2.05, 4.69) is 10.4 Å². The molecule has 0 saturated carbocycles. The zero-order valence-corrected chi connectivity index (χ0v) is 7.52. The molecule has 1 aliphatic rings.